The fraction of sp³-hybridized carbons (Fsp3) is 0.238. The molecule has 0 aliphatic carbocycles. The highest BCUT2D eigenvalue weighted by Gasteiger charge is 2.36. The van der Waals surface area contributed by atoms with E-state index in [0.29, 0.717) is 35.3 Å². The summed E-state index contributed by atoms with van der Waals surface area (Å²) in [7, 11) is 0. The van der Waals surface area contributed by atoms with Gasteiger partial charge >= 0.3 is 0 Å². The highest BCUT2D eigenvalue weighted by molar-refractivity contribution is 9.10. The van der Waals surface area contributed by atoms with Crippen molar-refractivity contribution in [2.75, 3.05) is 17.2 Å². The first kappa shape index (κ1) is 20.1. The number of allylic oxidation sites excluding steroid dienone is 1. The molecule has 0 saturated carbocycles. The third-order valence-corrected chi connectivity index (χ3v) is 5.21. The minimum absolute atomic E-state index is 0.237. The Morgan fingerprint density at radius 2 is 2.07 bits per heavy atom. The number of ether oxygens (including phenoxy) is 1. The molecule has 0 saturated heterocycles. The average molecular weight is 469 g/mol. The second-order valence-corrected chi connectivity index (χ2v) is 7.78. The minimum atomic E-state index is -0.552. The van der Waals surface area contributed by atoms with Crippen LogP contribution in [-0.2, 0) is 4.79 Å². The molecule has 4 rings (SSSR count). The van der Waals surface area contributed by atoms with E-state index in [0.717, 1.165) is 16.5 Å². The highest BCUT2D eigenvalue weighted by Crippen LogP contribution is 2.40. The summed E-state index contributed by atoms with van der Waals surface area (Å²) < 4.78 is 8.47. The van der Waals surface area contributed by atoms with E-state index in [1.807, 2.05) is 62.4 Å². The van der Waals surface area contributed by atoms with Crippen molar-refractivity contribution in [2.24, 2.45) is 0 Å². The lowest BCUT2D eigenvalue weighted by atomic mass is 9.94. The number of carbonyl (C=O) groups excluding carboxylic acids is 1. The molecule has 0 bridgehead atoms. The third kappa shape index (κ3) is 3.93. The average Bonchev–Trinajstić information content (AvgIpc) is 3.20. The van der Waals surface area contributed by atoms with Crippen molar-refractivity contribution in [3.8, 4) is 5.75 Å². The molecule has 8 nitrogen and oxygen atoms in total. The molecule has 30 heavy (non-hydrogen) atoms. The fourth-order valence-corrected chi connectivity index (χ4v) is 3.77. The summed E-state index contributed by atoms with van der Waals surface area (Å²) in [5.41, 5.74) is 2.70. The van der Waals surface area contributed by atoms with Crippen molar-refractivity contribution in [3.05, 3.63) is 69.8 Å². The number of hydrogen-bond donors (Lipinski definition) is 2. The zero-order valence-corrected chi connectivity index (χ0v) is 18.2. The Bertz CT molecular complexity index is 1100. The molecular weight excluding hydrogens is 448 g/mol. The smallest absolute Gasteiger partial charge is 0.255 e. The van der Waals surface area contributed by atoms with Crippen molar-refractivity contribution in [1.82, 2.24) is 20.2 Å². The zero-order valence-electron chi connectivity index (χ0n) is 16.6. The van der Waals surface area contributed by atoms with Gasteiger partial charge < -0.3 is 15.4 Å². The van der Waals surface area contributed by atoms with Gasteiger partial charge in [0.15, 0.2) is 0 Å². The Balaban J connectivity index is 1.81. The van der Waals surface area contributed by atoms with Gasteiger partial charge in [0, 0.05) is 21.4 Å². The molecule has 0 fully saturated rings. The maximum absolute atomic E-state index is 13.4. The minimum Gasteiger partial charge on any atom is -0.493 e. The predicted octanol–water partition coefficient (Wildman–Crippen LogP) is 4.15. The first-order valence-corrected chi connectivity index (χ1v) is 10.4. The highest BCUT2D eigenvalue weighted by atomic mass is 79.9. The number of rotatable bonds is 6. The van der Waals surface area contributed by atoms with Crippen molar-refractivity contribution in [1.29, 1.82) is 0 Å². The van der Waals surface area contributed by atoms with Crippen LogP contribution in [0.15, 0.2) is 64.3 Å². The van der Waals surface area contributed by atoms with Crippen LogP contribution in [0.5, 0.6) is 5.75 Å². The summed E-state index contributed by atoms with van der Waals surface area (Å²) in [5, 5.41) is 18.1. The van der Waals surface area contributed by atoms with Crippen LogP contribution >= 0.6 is 15.9 Å². The van der Waals surface area contributed by atoms with Crippen LogP contribution in [-0.4, -0.2) is 32.7 Å². The number of amides is 1. The number of para-hydroxylation sites is 1. The maximum atomic E-state index is 13.4. The first-order valence-electron chi connectivity index (χ1n) is 9.62. The molecule has 3 aromatic rings. The number of fused-ring (bicyclic) bond motifs is 1. The Morgan fingerprint density at radius 1 is 1.27 bits per heavy atom. The fourth-order valence-electron chi connectivity index (χ4n) is 3.39. The summed E-state index contributed by atoms with van der Waals surface area (Å²) in [6.07, 6.45) is 0.869. The van der Waals surface area contributed by atoms with Crippen molar-refractivity contribution in [3.63, 3.8) is 0 Å². The number of hydrogen-bond acceptors (Lipinski definition) is 6. The monoisotopic (exact) mass is 468 g/mol. The molecule has 2 aromatic carbocycles. The molecule has 1 aromatic heterocycles. The molecule has 0 spiro atoms. The lowest BCUT2D eigenvalue weighted by Crippen LogP contribution is -2.31. The Morgan fingerprint density at radius 3 is 2.83 bits per heavy atom. The zero-order chi connectivity index (χ0) is 21.1. The summed E-state index contributed by atoms with van der Waals surface area (Å²) in [6, 6.07) is 14.5. The van der Waals surface area contributed by atoms with Gasteiger partial charge in [0.2, 0.25) is 5.95 Å². The van der Waals surface area contributed by atoms with Gasteiger partial charge in [-0.1, -0.05) is 46.2 Å². The number of aromatic nitrogens is 4. The quantitative estimate of drug-likeness (QED) is 0.564. The van der Waals surface area contributed by atoms with Gasteiger partial charge in [-0.2, -0.15) is 4.68 Å². The second kappa shape index (κ2) is 8.66. The van der Waals surface area contributed by atoms with Gasteiger partial charge in [0.1, 0.15) is 11.8 Å². The summed E-state index contributed by atoms with van der Waals surface area (Å²) in [5.74, 6) is 0.917. The molecule has 1 atom stereocenters. The standard InChI is InChI=1S/C21H21BrN6O2/c1-3-11-30-17-10-9-14(22)12-16(17)19-18(13(2)23-21-25-26-27-28(19)21)20(29)24-15-7-5-4-6-8-15/h4-10,12,19H,3,11H2,1-2H3,(H,24,29)(H,23,25,27). The molecular formula is C21H21BrN6O2. The number of tetrazole rings is 1. The lowest BCUT2D eigenvalue weighted by Gasteiger charge is -2.29. The summed E-state index contributed by atoms with van der Waals surface area (Å²) in [4.78, 5) is 13.4. The molecule has 1 aliphatic rings. The van der Waals surface area contributed by atoms with E-state index in [4.69, 9.17) is 4.74 Å². The number of halogens is 1. The maximum Gasteiger partial charge on any atom is 0.255 e. The van der Waals surface area contributed by atoms with Crippen LogP contribution < -0.4 is 15.4 Å². The number of nitrogens with zero attached hydrogens (tertiary/aromatic N) is 4. The molecule has 154 valence electrons. The van der Waals surface area contributed by atoms with Gasteiger partial charge in [-0.15, -0.1) is 0 Å². The summed E-state index contributed by atoms with van der Waals surface area (Å²) >= 11 is 3.54. The van der Waals surface area contributed by atoms with E-state index in [9.17, 15) is 4.79 Å². The third-order valence-electron chi connectivity index (χ3n) is 4.72. The first-order chi connectivity index (χ1) is 14.6. The van der Waals surface area contributed by atoms with Crippen LogP contribution in [0.25, 0.3) is 0 Å². The van der Waals surface area contributed by atoms with Gasteiger partial charge in [-0.3, -0.25) is 4.79 Å². The Labute approximate surface area is 182 Å². The van der Waals surface area contributed by atoms with Crippen LogP contribution in [0.1, 0.15) is 31.9 Å². The van der Waals surface area contributed by atoms with Gasteiger partial charge in [-0.05, 0) is 54.1 Å². The molecule has 9 heteroatoms. The van der Waals surface area contributed by atoms with E-state index < -0.39 is 6.04 Å². The van der Waals surface area contributed by atoms with Crippen LogP contribution in [0.2, 0.25) is 0 Å². The second-order valence-electron chi connectivity index (χ2n) is 6.86. The lowest BCUT2D eigenvalue weighted by molar-refractivity contribution is -0.113. The van der Waals surface area contributed by atoms with Crippen molar-refractivity contribution < 1.29 is 9.53 Å². The van der Waals surface area contributed by atoms with Crippen LogP contribution in [0.3, 0.4) is 0 Å². The number of nitrogens with one attached hydrogen (secondary N) is 2. The van der Waals surface area contributed by atoms with Crippen molar-refractivity contribution >= 4 is 33.5 Å². The van der Waals surface area contributed by atoms with E-state index in [2.05, 4.69) is 42.1 Å². The molecule has 1 aliphatic heterocycles. The molecule has 1 amide bonds. The van der Waals surface area contributed by atoms with Gasteiger partial charge in [0.05, 0.1) is 12.2 Å². The molecule has 0 radical (unpaired) electrons. The Hall–Kier alpha value is -3.20. The largest absolute Gasteiger partial charge is 0.493 e. The summed E-state index contributed by atoms with van der Waals surface area (Å²) in [6.45, 7) is 4.46. The van der Waals surface area contributed by atoms with E-state index >= 15 is 0 Å². The van der Waals surface area contributed by atoms with Gasteiger partial charge in [0.25, 0.3) is 5.91 Å². The van der Waals surface area contributed by atoms with Crippen LogP contribution in [0.4, 0.5) is 11.6 Å². The van der Waals surface area contributed by atoms with Gasteiger partial charge in [-0.25, -0.2) is 0 Å². The number of carbonyl (C=O) groups is 1. The van der Waals surface area contributed by atoms with Crippen molar-refractivity contribution in [2.45, 2.75) is 26.3 Å². The van der Waals surface area contributed by atoms with E-state index in [1.54, 1.807) is 4.68 Å². The topological polar surface area (TPSA) is 94.0 Å². The van der Waals surface area contributed by atoms with E-state index in [-0.39, 0.29) is 5.91 Å². The normalized spacial score (nSPS) is 15.4. The molecule has 2 heterocycles. The number of anilines is 2. The van der Waals surface area contributed by atoms with E-state index in [1.165, 1.54) is 0 Å². The molecule has 1 unspecified atom stereocenters. The Kier molecular flexibility index (Phi) is 5.80. The van der Waals surface area contributed by atoms with Crippen LogP contribution in [0, 0.1) is 0 Å². The SMILES string of the molecule is CCCOc1ccc(Br)cc1C1C(C(=O)Nc2ccccc2)=C(C)Nc2nnnn21. The molecule has 2 N–H and O–H groups in total. The number of benzene rings is 2. The predicted molar refractivity (Wildman–Crippen MR) is 117 cm³/mol.